The van der Waals surface area contributed by atoms with Gasteiger partial charge in [0.1, 0.15) is 0 Å². The molecule has 1 unspecified atom stereocenters. The van der Waals surface area contributed by atoms with Crippen LogP contribution < -0.4 is 10.7 Å². The van der Waals surface area contributed by atoms with Crippen LogP contribution in [-0.2, 0) is 0 Å². The zero-order valence-corrected chi connectivity index (χ0v) is 15.3. The number of halogens is 1. The minimum Gasteiger partial charge on any atom is -0.390 e. The average Bonchev–Trinajstić information content (AvgIpc) is 2.72. The third-order valence-electron chi connectivity index (χ3n) is 4.66. The van der Waals surface area contributed by atoms with Gasteiger partial charge in [-0.2, -0.15) is 0 Å². The van der Waals surface area contributed by atoms with Crippen LogP contribution in [0.3, 0.4) is 0 Å². The standard InChI is InChI=1S/C22H19ClN2O2/c23-12-15(26)13-24-19-11-5-10-18-21(19)25-20-16(14-6-2-1-3-7-14)8-4-9-17(20)22(18)27/h1-11,15,24,26H,12-13H2,(H,25,27). The second-order valence-corrected chi connectivity index (χ2v) is 6.77. The van der Waals surface area contributed by atoms with Crippen molar-refractivity contribution in [1.82, 2.24) is 4.98 Å². The zero-order valence-electron chi connectivity index (χ0n) is 14.6. The number of aromatic nitrogens is 1. The van der Waals surface area contributed by atoms with Crippen LogP contribution in [0.15, 0.2) is 71.5 Å². The van der Waals surface area contributed by atoms with Gasteiger partial charge >= 0.3 is 0 Å². The Bertz CT molecular complexity index is 1160. The molecule has 1 atom stereocenters. The number of aromatic amines is 1. The first-order chi connectivity index (χ1) is 13.2. The molecule has 4 aromatic rings. The summed E-state index contributed by atoms with van der Waals surface area (Å²) in [7, 11) is 0. The smallest absolute Gasteiger partial charge is 0.197 e. The summed E-state index contributed by atoms with van der Waals surface area (Å²) in [6, 6.07) is 21.3. The molecule has 27 heavy (non-hydrogen) atoms. The Balaban J connectivity index is 1.96. The molecule has 3 aromatic carbocycles. The fourth-order valence-corrected chi connectivity index (χ4v) is 3.42. The number of H-pyrrole nitrogens is 1. The molecule has 0 aliphatic carbocycles. The molecule has 0 aliphatic heterocycles. The molecule has 0 saturated heterocycles. The molecule has 0 fully saturated rings. The fraction of sp³-hybridized carbons (Fsp3) is 0.136. The summed E-state index contributed by atoms with van der Waals surface area (Å²) in [5, 5.41) is 14.2. The van der Waals surface area contributed by atoms with Crippen LogP contribution in [0.1, 0.15) is 0 Å². The van der Waals surface area contributed by atoms with Crippen LogP contribution in [0.5, 0.6) is 0 Å². The lowest BCUT2D eigenvalue weighted by molar-refractivity contribution is 0.211. The van der Waals surface area contributed by atoms with Gasteiger partial charge in [-0.25, -0.2) is 0 Å². The lowest BCUT2D eigenvalue weighted by Gasteiger charge is -2.14. The number of nitrogens with one attached hydrogen (secondary N) is 2. The molecule has 1 heterocycles. The summed E-state index contributed by atoms with van der Waals surface area (Å²) in [6.07, 6.45) is -0.658. The number of fused-ring (bicyclic) bond motifs is 2. The van der Waals surface area contributed by atoms with Crippen molar-refractivity contribution in [2.75, 3.05) is 17.7 Å². The Hall–Kier alpha value is -2.82. The molecule has 0 spiro atoms. The van der Waals surface area contributed by atoms with Gasteiger partial charge in [0.25, 0.3) is 0 Å². The van der Waals surface area contributed by atoms with Crippen molar-refractivity contribution < 1.29 is 5.11 Å². The first kappa shape index (κ1) is 17.6. The number of aliphatic hydroxyl groups excluding tert-OH is 1. The summed E-state index contributed by atoms with van der Waals surface area (Å²) >= 11 is 5.68. The van der Waals surface area contributed by atoms with E-state index < -0.39 is 6.10 Å². The number of benzene rings is 3. The van der Waals surface area contributed by atoms with E-state index in [-0.39, 0.29) is 11.3 Å². The van der Waals surface area contributed by atoms with Crippen molar-refractivity contribution in [3.63, 3.8) is 0 Å². The Kier molecular flexibility index (Phi) is 4.84. The van der Waals surface area contributed by atoms with E-state index in [4.69, 9.17) is 11.6 Å². The van der Waals surface area contributed by atoms with Gasteiger partial charge in [-0.1, -0.05) is 48.5 Å². The highest BCUT2D eigenvalue weighted by molar-refractivity contribution is 6.18. The largest absolute Gasteiger partial charge is 0.390 e. The number of aliphatic hydroxyl groups is 1. The van der Waals surface area contributed by atoms with Crippen LogP contribution in [0.2, 0.25) is 0 Å². The van der Waals surface area contributed by atoms with Gasteiger partial charge in [0.05, 0.1) is 28.7 Å². The van der Waals surface area contributed by atoms with E-state index in [0.29, 0.717) is 17.3 Å². The highest BCUT2D eigenvalue weighted by Gasteiger charge is 2.12. The number of hydrogen-bond acceptors (Lipinski definition) is 3. The van der Waals surface area contributed by atoms with Crippen molar-refractivity contribution in [2.24, 2.45) is 0 Å². The molecule has 1 aromatic heterocycles. The quantitative estimate of drug-likeness (QED) is 0.357. The number of alkyl halides is 1. The number of pyridine rings is 1. The molecule has 0 bridgehead atoms. The molecule has 0 saturated carbocycles. The minimum absolute atomic E-state index is 0.0157. The maximum absolute atomic E-state index is 13.1. The van der Waals surface area contributed by atoms with Crippen molar-refractivity contribution in [1.29, 1.82) is 0 Å². The van der Waals surface area contributed by atoms with Gasteiger partial charge in [-0.05, 0) is 23.8 Å². The monoisotopic (exact) mass is 378 g/mol. The summed E-state index contributed by atoms with van der Waals surface area (Å²) < 4.78 is 0. The number of hydrogen-bond donors (Lipinski definition) is 3. The van der Waals surface area contributed by atoms with Crippen LogP contribution in [-0.4, -0.2) is 28.6 Å². The molecule has 136 valence electrons. The third kappa shape index (κ3) is 3.29. The molecule has 0 radical (unpaired) electrons. The normalized spacial score (nSPS) is 12.4. The van der Waals surface area contributed by atoms with E-state index in [1.165, 1.54) is 0 Å². The van der Waals surface area contributed by atoms with Crippen molar-refractivity contribution in [3.05, 3.63) is 77.0 Å². The van der Waals surface area contributed by atoms with Gasteiger partial charge < -0.3 is 15.4 Å². The Morgan fingerprint density at radius 1 is 0.926 bits per heavy atom. The van der Waals surface area contributed by atoms with E-state index in [0.717, 1.165) is 27.8 Å². The van der Waals surface area contributed by atoms with Gasteiger partial charge in [-0.3, -0.25) is 4.79 Å². The first-order valence-electron chi connectivity index (χ1n) is 8.80. The predicted octanol–water partition coefficient (Wildman–Crippen LogP) is 4.36. The number of rotatable bonds is 5. The Morgan fingerprint density at radius 3 is 2.37 bits per heavy atom. The summed E-state index contributed by atoms with van der Waals surface area (Å²) in [6.45, 7) is 0.309. The van der Waals surface area contributed by atoms with Crippen LogP contribution in [0, 0.1) is 0 Å². The molecule has 0 aliphatic rings. The molecule has 0 amide bonds. The molecule has 4 nitrogen and oxygen atoms in total. The highest BCUT2D eigenvalue weighted by Crippen LogP contribution is 2.29. The zero-order chi connectivity index (χ0) is 18.8. The van der Waals surface area contributed by atoms with E-state index in [1.54, 1.807) is 0 Å². The Morgan fingerprint density at radius 2 is 1.63 bits per heavy atom. The third-order valence-corrected chi connectivity index (χ3v) is 5.02. The number of anilines is 1. The maximum Gasteiger partial charge on any atom is 0.197 e. The average molecular weight is 379 g/mol. The predicted molar refractivity (Wildman–Crippen MR) is 113 cm³/mol. The van der Waals surface area contributed by atoms with E-state index in [1.807, 2.05) is 66.7 Å². The summed E-state index contributed by atoms with van der Waals surface area (Å²) in [5.41, 5.74) is 4.29. The second kappa shape index (κ2) is 7.43. The van der Waals surface area contributed by atoms with E-state index in [2.05, 4.69) is 10.3 Å². The minimum atomic E-state index is -0.658. The lowest BCUT2D eigenvalue weighted by Crippen LogP contribution is -2.21. The van der Waals surface area contributed by atoms with Crippen molar-refractivity contribution >= 4 is 39.1 Å². The summed E-state index contributed by atoms with van der Waals surface area (Å²) in [4.78, 5) is 16.6. The van der Waals surface area contributed by atoms with Gasteiger partial charge in [0.15, 0.2) is 5.43 Å². The second-order valence-electron chi connectivity index (χ2n) is 6.47. The summed E-state index contributed by atoms with van der Waals surface area (Å²) in [5.74, 6) is 0.148. The van der Waals surface area contributed by atoms with Gasteiger partial charge in [0.2, 0.25) is 0 Å². The van der Waals surface area contributed by atoms with Gasteiger partial charge in [-0.15, -0.1) is 11.6 Å². The Labute approximate surface area is 161 Å². The highest BCUT2D eigenvalue weighted by atomic mass is 35.5. The molecular weight excluding hydrogens is 360 g/mol. The molecular formula is C22H19ClN2O2. The van der Waals surface area contributed by atoms with Crippen molar-refractivity contribution in [2.45, 2.75) is 6.10 Å². The number of para-hydroxylation sites is 2. The fourth-order valence-electron chi connectivity index (χ4n) is 3.31. The molecule has 5 heteroatoms. The first-order valence-corrected chi connectivity index (χ1v) is 9.33. The van der Waals surface area contributed by atoms with E-state index in [9.17, 15) is 9.90 Å². The molecule has 4 rings (SSSR count). The van der Waals surface area contributed by atoms with Crippen molar-refractivity contribution in [3.8, 4) is 11.1 Å². The van der Waals surface area contributed by atoms with Gasteiger partial charge in [0, 0.05) is 22.9 Å². The SMILES string of the molecule is O=c1c2cccc(NCC(O)CCl)c2[nH]c2c(-c3ccccc3)cccc12. The lowest BCUT2D eigenvalue weighted by atomic mass is 10.0. The van der Waals surface area contributed by atoms with Crippen LogP contribution in [0.4, 0.5) is 5.69 Å². The van der Waals surface area contributed by atoms with Crippen LogP contribution >= 0.6 is 11.6 Å². The topological polar surface area (TPSA) is 65.1 Å². The van der Waals surface area contributed by atoms with E-state index >= 15 is 0 Å². The van der Waals surface area contributed by atoms with Crippen LogP contribution in [0.25, 0.3) is 32.9 Å². The maximum atomic E-state index is 13.1. The molecule has 3 N–H and O–H groups in total.